The normalized spacial score (nSPS) is 27.1. The number of nitrogens with one attached hydrogen (secondary N) is 1. The largest absolute Gasteiger partial charge is 0.312 e. The van der Waals surface area contributed by atoms with Crippen LogP contribution >= 0.6 is 0 Å². The fourth-order valence-electron chi connectivity index (χ4n) is 2.24. The zero-order valence-corrected chi connectivity index (χ0v) is 11.1. The molecule has 0 heterocycles. The number of nitriles is 1. The highest BCUT2D eigenvalue weighted by Crippen LogP contribution is 2.25. The molecule has 0 radical (unpaired) electrons. The molecule has 16 heavy (non-hydrogen) atoms. The minimum absolute atomic E-state index is 0.232. The Morgan fingerprint density at radius 1 is 1.25 bits per heavy atom. The van der Waals surface area contributed by atoms with Crippen molar-refractivity contribution in [3.63, 3.8) is 0 Å². The van der Waals surface area contributed by atoms with Crippen LogP contribution in [0, 0.1) is 22.7 Å². The minimum Gasteiger partial charge on any atom is -0.312 e. The fourth-order valence-corrected chi connectivity index (χ4v) is 2.24. The second kappa shape index (κ2) is 6.25. The average Bonchev–Trinajstić information content (AvgIpc) is 2.51. The summed E-state index contributed by atoms with van der Waals surface area (Å²) >= 11 is 0. The molecule has 1 saturated carbocycles. The molecule has 0 amide bonds. The van der Waals surface area contributed by atoms with Gasteiger partial charge in [0.05, 0.1) is 12.0 Å². The van der Waals surface area contributed by atoms with Gasteiger partial charge in [-0.05, 0) is 24.7 Å². The second-order valence-electron chi connectivity index (χ2n) is 5.88. The number of rotatable bonds is 4. The van der Waals surface area contributed by atoms with Gasteiger partial charge < -0.3 is 5.32 Å². The van der Waals surface area contributed by atoms with Gasteiger partial charge in [0.2, 0.25) is 0 Å². The summed E-state index contributed by atoms with van der Waals surface area (Å²) in [6.45, 7) is 7.85. The van der Waals surface area contributed by atoms with E-state index in [4.69, 9.17) is 0 Å². The van der Waals surface area contributed by atoms with Gasteiger partial charge >= 0.3 is 0 Å². The van der Waals surface area contributed by atoms with E-state index in [1.807, 2.05) is 0 Å². The molecule has 2 nitrogen and oxygen atoms in total. The number of hydrogen-bond donors (Lipinski definition) is 1. The van der Waals surface area contributed by atoms with Crippen LogP contribution in [0.4, 0.5) is 0 Å². The summed E-state index contributed by atoms with van der Waals surface area (Å²) in [7, 11) is 0. The molecular weight excluding hydrogens is 196 g/mol. The van der Waals surface area contributed by atoms with Gasteiger partial charge in [0.1, 0.15) is 0 Å². The molecule has 2 heteroatoms. The highest BCUT2D eigenvalue weighted by molar-refractivity contribution is 4.94. The van der Waals surface area contributed by atoms with Crippen LogP contribution in [0.15, 0.2) is 0 Å². The summed E-state index contributed by atoms with van der Waals surface area (Å²) in [4.78, 5) is 0. The van der Waals surface area contributed by atoms with Crippen LogP contribution in [-0.4, -0.2) is 12.6 Å². The van der Waals surface area contributed by atoms with Crippen molar-refractivity contribution in [2.75, 3.05) is 6.54 Å². The van der Waals surface area contributed by atoms with Crippen LogP contribution in [0.2, 0.25) is 0 Å². The van der Waals surface area contributed by atoms with Gasteiger partial charge in [-0.3, -0.25) is 0 Å². The first-order chi connectivity index (χ1) is 7.59. The lowest BCUT2D eigenvalue weighted by Crippen LogP contribution is -2.40. The van der Waals surface area contributed by atoms with Crippen LogP contribution in [0.25, 0.3) is 0 Å². The van der Waals surface area contributed by atoms with Crippen LogP contribution < -0.4 is 5.32 Å². The summed E-state index contributed by atoms with van der Waals surface area (Å²) in [6, 6.07) is 2.91. The van der Waals surface area contributed by atoms with Crippen molar-refractivity contribution in [3.05, 3.63) is 0 Å². The Morgan fingerprint density at radius 2 is 1.94 bits per heavy atom. The van der Waals surface area contributed by atoms with Crippen molar-refractivity contribution >= 4 is 0 Å². The average molecular weight is 222 g/mol. The molecule has 1 fully saturated rings. The van der Waals surface area contributed by atoms with Crippen LogP contribution in [0.1, 0.15) is 59.3 Å². The lowest BCUT2D eigenvalue weighted by Gasteiger charge is -2.28. The van der Waals surface area contributed by atoms with E-state index >= 15 is 0 Å². The summed E-state index contributed by atoms with van der Waals surface area (Å²) < 4.78 is 0. The molecule has 0 bridgehead atoms. The molecule has 0 spiro atoms. The van der Waals surface area contributed by atoms with Crippen LogP contribution in [0.5, 0.6) is 0 Å². The van der Waals surface area contributed by atoms with Gasteiger partial charge in [-0.1, -0.05) is 40.0 Å². The lowest BCUT2D eigenvalue weighted by molar-refractivity contribution is 0.283. The molecule has 0 aromatic rings. The molecule has 0 aromatic carbocycles. The third-order valence-corrected chi connectivity index (χ3v) is 3.98. The summed E-state index contributed by atoms with van der Waals surface area (Å²) in [6.07, 6.45) is 7.26. The predicted octanol–water partition coefficient (Wildman–Crippen LogP) is 3.48. The molecule has 1 N–H and O–H groups in total. The molecule has 1 aliphatic rings. The smallest absolute Gasteiger partial charge is 0.0672 e. The highest BCUT2D eigenvalue weighted by Gasteiger charge is 2.25. The lowest BCUT2D eigenvalue weighted by atomic mass is 9.88. The summed E-state index contributed by atoms with van der Waals surface area (Å²) in [5.74, 6) is 0.232. The number of nitrogens with zero attached hydrogens (tertiary/aromatic N) is 1. The Bertz CT molecular complexity index is 240. The zero-order chi connectivity index (χ0) is 12.0. The van der Waals surface area contributed by atoms with E-state index < -0.39 is 0 Å². The topological polar surface area (TPSA) is 35.8 Å². The maximum absolute atomic E-state index is 9.18. The Kier molecular flexibility index (Phi) is 5.28. The van der Waals surface area contributed by atoms with Crippen molar-refractivity contribution < 1.29 is 0 Å². The Labute approximate surface area is 100 Å². The van der Waals surface area contributed by atoms with Gasteiger partial charge in [0, 0.05) is 12.6 Å². The number of hydrogen-bond acceptors (Lipinski definition) is 2. The Balaban J connectivity index is 2.46. The quantitative estimate of drug-likeness (QED) is 0.739. The minimum atomic E-state index is 0.232. The molecule has 2 atom stereocenters. The van der Waals surface area contributed by atoms with Gasteiger partial charge in [-0.25, -0.2) is 0 Å². The van der Waals surface area contributed by atoms with Crippen molar-refractivity contribution in [1.82, 2.24) is 5.32 Å². The molecule has 2 unspecified atom stereocenters. The first-order valence-corrected chi connectivity index (χ1v) is 6.72. The molecule has 0 aliphatic heterocycles. The van der Waals surface area contributed by atoms with Crippen LogP contribution in [0.3, 0.4) is 0 Å². The maximum atomic E-state index is 9.18. The van der Waals surface area contributed by atoms with E-state index in [1.54, 1.807) is 0 Å². The molecule has 0 aromatic heterocycles. The third kappa shape index (κ3) is 4.14. The first-order valence-electron chi connectivity index (χ1n) is 6.72. The molecule has 1 aliphatic carbocycles. The first kappa shape index (κ1) is 13.5. The Morgan fingerprint density at radius 3 is 2.56 bits per heavy atom. The van der Waals surface area contributed by atoms with Crippen molar-refractivity contribution in [3.8, 4) is 6.07 Å². The molecule has 1 rings (SSSR count). The van der Waals surface area contributed by atoms with Crippen molar-refractivity contribution in [2.24, 2.45) is 11.3 Å². The van der Waals surface area contributed by atoms with Gasteiger partial charge in [0.15, 0.2) is 0 Å². The van der Waals surface area contributed by atoms with E-state index in [0.29, 0.717) is 11.5 Å². The van der Waals surface area contributed by atoms with Crippen molar-refractivity contribution in [1.29, 1.82) is 5.26 Å². The van der Waals surface area contributed by atoms with Gasteiger partial charge in [-0.15, -0.1) is 0 Å². The molecule has 0 saturated heterocycles. The second-order valence-corrected chi connectivity index (χ2v) is 5.88. The summed E-state index contributed by atoms with van der Waals surface area (Å²) in [5, 5.41) is 12.8. The monoisotopic (exact) mass is 222 g/mol. The van der Waals surface area contributed by atoms with Gasteiger partial charge in [-0.2, -0.15) is 5.26 Å². The van der Waals surface area contributed by atoms with Crippen molar-refractivity contribution in [2.45, 2.75) is 65.3 Å². The highest BCUT2D eigenvalue weighted by atomic mass is 14.9. The van der Waals surface area contributed by atoms with Gasteiger partial charge in [0.25, 0.3) is 0 Å². The van der Waals surface area contributed by atoms with E-state index in [-0.39, 0.29) is 5.92 Å². The Hall–Kier alpha value is -0.550. The van der Waals surface area contributed by atoms with Crippen LogP contribution in [-0.2, 0) is 0 Å². The predicted molar refractivity (Wildman–Crippen MR) is 68.1 cm³/mol. The SMILES string of the molecule is CCC(C)(C)CNC1CCCCCC1C#N. The standard InChI is InChI=1S/C14H26N2/c1-4-14(2,3)11-16-13-9-7-5-6-8-12(13)10-15/h12-13,16H,4-9,11H2,1-3H3. The fraction of sp³-hybridized carbons (Fsp3) is 0.929. The van der Waals surface area contributed by atoms with E-state index in [9.17, 15) is 5.26 Å². The summed E-state index contributed by atoms with van der Waals surface area (Å²) in [5.41, 5.74) is 0.353. The third-order valence-electron chi connectivity index (χ3n) is 3.98. The molecule has 92 valence electrons. The van der Waals surface area contributed by atoms with E-state index in [1.165, 1.54) is 32.1 Å². The maximum Gasteiger partial charge on any atom is 0.0672 e. The molecular formula is C14H26N2. The van der Waals surface area contributed by atoms with E-state index in [2.05, 4.69) is 32.2 Å². The van der Waals surface area contributed by atoms with E-state index in [0.717, 1.165) is 13.0 Å². The zero-order valence-electron chi connectivity index (χ0n) is 11.1.